The maximum absolute atomic E-state index is 6.34. The molecule has 2 heterocycles. The maximum Gasteiger partial charge on any atom is 0.159 e. The van der Waals surface area contributed by atoms with E-state index in [4.69, 9.17) is 22.3 Å². The second-order valence-corrected chi connectivity index (χ2v) is 7.85. The quantitative estimate of drug-likeness (QED) is 0.578. The highest BCUT2D eigenvalue weighted by molar-refractivity contribution is 6.31. The molecule has 1 fully saturated rings. The van der Waals surface area contributed by atoms with E-state index in [0.717, 1.165) is 65.5 Å². The fourth-order valence-corrected chi connectivity index (χ4v) is 4.09. The lowest BCUT2D eigenvalue weighted by Crippen LogP contribution is -2.33. The second-order valence-electron chi connectivity index (χ2n) is 7.44. The van der Waals surface area contributed by atoms with Crippen LogP contribution in [0.4, 0.5) is 11.6 Å². The summed E-state index contributed by atoms with van der Waals surface area (Å²) in [5, 5.41) is 12.5. The van der Waals surface area contributed by atoms with Crippen LogP contribution in [0.1, 0.15) is 43.7 Å². The molecule has 1 saturated carbocycles. The van der Waals surface area contributed by atoms with E-state index in [-0.39, 0.29) is 0 Å². The van der Waals surface area contributed by atoms with E-state index in [9.17, 15) is 0 Å². The molecule has 0 radical (unpaired) electrons. The number of nitrogens with two attached hydrogens (primary N) is 1. The Bertz CT molecular complexity index is 945. The predicted molar refractivity (Wildman–Crippen MR) is 115 cm³/mol. The van der Waals surface area contributed by atoms with Crippen LogP contribution < -0.4 is 16.4 Å². The van der Waals surface area contributed by atoms with Gasteiger partial charge < -0.3 is 16.4 Å². The van der Waals surface area contributed by atoms with Crippen molar-refractivity contribution in [3.05, 3.63) is 52.7 Å². The summed E-state index contributed by atoms with van der Waals surface area (Å²) in [7, 11) is 0. The molecule has 148 valence electrons. The molecule has 0 bridgehead atoms. The normalized spacial score (nSPS) is 19.7. The van der Waals surface area contributed by atoms with E-state index in [1.807, 2.05) is 34.8 Å². The van der Waals surface area contributed by atoms with E-state index >= 15 is 0 Å². The number of nitrogens with zero attached hydrogens (tertiary/aromatic N) is 3. The largest absolute Gasteiger partial charge is 0.367 e. The standard InChI is InChI=1S/C21H27ClN6/c1-2-17-20(26-16-9-7-15(23)8-10-16)27-19-11-12-25-28(19)21(17)24-13-14-5-3-4-6-18(14)22/h3-6,11-12,15-16,24H,2,7-10,13,23H2,1H3,(H,26,27). The van der Waals surface area contributed by atoms with Gasteiger partial charge in [0.15, 0.2) is 5.65 Å². The monoisotopic (exact) mass is 398 g/mol. The molecule has 7 heteroatoms. The van der Waals surface area contributed by atoms with Gasteiger partial charge in [-0.2, -0.15) is 9.61 Å². The van der Waals surface area contributed by atoms with Crippen LogP contribution in [0, 0.1) is 0 Å². The van der Waals surface area contributed by atoms with Crippen molar-refractivity contribution in [1.82, 2.24) is 14.6 Å². The highest BCUT2D eigenvalue weighted by Gasteiger charge is 2.21. The van der Waals surface area contributed by atoms with Gasteiger partial charge in [0.2, 0.25) is 0 Å². The minimum atomic E-state index is 0.335. The van der Waals surface area contributed by atoms with Gasteiger partial charge in [-0.1, -0.05) is 36.7 Å². The van der Waals surface area contributed by atoms with E-state index in [2.05, 4.69) is 22.7 Å². The van der Waals surface area contributed by atoms with Crippen molar-refractivity contribution in [1.29, 1.82) is 0 Å². The molecule has 4 N–H and O–H groups in total. The number of halogens is 1. The summed E-state index contributed by atoms with van der Waals surface area (Å²) in [6.45, 7) is 2.78. The zero-order valence-electron chi connectivity index (χ0n) is 16.2. The number of fused-ring (bicyclic) bond motifs is 1. The van der Waals surface area contributed by atoms with Crippen molar-refractivity contribution in [2.24, 2.45) is 5.73 Å². The van der Waals surface area contributed by atoms with Crippen LogP contribution in [0.15, 0.2) is 36.5 Å². The van der Waals surface area contributed by atoms with Crippen molar-refractivity contribution in [2.75, 3.05) is 10.6 Å². The van der Waals surface area contributed by atoms with Gasteiger partial charge in [0.1, 0.15) is 11.6 Å². The van der Waals surface area contributed by atoms with Gasteiger partial charge in [0.05, 0.1) is 6.20 Å². The van der Waals surface area contributed by atoms with Gasteiger partial charge in [-0.05, 0) is 43.7 Å². The molecule has 1 aromatic carbocycles. The molecule has 0 atom stereocenters. The number of rotatable bonds is 6. The highest BCUT2D eigenvalue weighted by atomic mass is 35.5. The van der Waals surface area contributed by atoms with E-state index in [1.165, 1.54) is 0 Å². The van der Waals surface area contributed by atoms with Crippen LogP contribution in [0.2, 0.25) is 5.02 Å². The third-order valence-electron chi connectivity index (χ3n) is 5.50. The van der Waals surface area contributed by atoms with Gasteiger partial charge in [0.25, 0.3) is 0 Å². The molecule has 3 aromatic rings. The minimum Gasteiger partial charge on any atom is -0.367 e. The number of anilines is 2. The average molecular weight is 399 g/mol. The zero-order chi connectivity index (χ0) is 19.5. The molecule has 0 amide bonds. The fraction of sp³-hybridized carbons (Fsp3) is 0.429. The molecule has 4 rings (SSSR count). The summed E-state index contributed by atoms with van der Waals surface area (Å²) in [4.78, 5) is 4.84. The number of hydrogen-bond donors (Lipinski definition) is 3. The third-order valence-corrected chi connectivity index (χ3v) is 5.87. The highest BCUT2D eigenvalue weighted by Crippen LogP contribution is 2.29. The van der Waals surface area contributed by atoms with Gasteiger partial charge in [0, 0.05) is 35.3 Å². The second kappa shape index (κ2) is 8.37. The van der Waals surface area contributed by atoms with Crippen molar-refractivity contribution >= 4 is 28.9 Å². The lowest BCUT2D eigenvalue weighted by Gasteiger charge is -2.28. The smallest absolute Gasteiger partial charge is 0.159 e. The van der Waals surface area contributed by atoms with E-state index < -0.39 is 0 Å². The Kier molecular flexibility index (Phi) is 5.69. The minimum absolute atomic E-state index is 0.335. The third kappa shape index (κ3) is 3.93. The zero-order valence-corrected chi connectivity index (χ0v) is 16.9. The average Bonchev–Trinajstić information content (AvgIpc) is 3.17. The Morgan fingerprint density at radius 3 is 2.71 bits per heavy atom. The van der Waals surface area contributed by atoms with Crippen molar-refractivity contribution in [2.45, 2.75) is 57.7 Å². The lowest BCUT2D eigenvalue weighted by molar-refractivity contribution is 0.410. The van der Waals surface area contributed by atoms with Crippen LogP contribution in [-0.4, -0.2) is 26.7 Å². The molecule has 0 aliphatic heterocycles. The van der Waals surface area contributed by atoms with Crippen LogP contribution in [-0.2, 0) is 13.0 Å². The van der Waals surface area contributed by atoms with Crippen LogP contribution in [0.5, 0.6) is 0 Å². The molecule has 28 heavy (non-hydrogen) atoms. The van der Waals surface area contributed by atoms with Gasteiger partial charge >= 0.3 is 0 Å². The Morgan fingerprint density at radius 1 is 1.18 bits per heavy atom. The van der Waals surface area contributed by atoms with Crippen LogP contribution in [0.25, 0.3) is 5.65 Å². The Balaban J connectivity index is 1.64. The summed E-state index contributed by atoms with van der Waals surface area (Å²) in [5.41, 5.74) is 9.08. The number of nitrogens with one attached hydrogen (secondary N) is 2. The topological polar surface area (TPSA) is 80.3 Å². The molecule has 1 aliphatic rings. The molecular weight excluding hydrogens is 372 g/mol. The lowest BCUT2D eigenvalue weighted by atomic mass is 9.92. The van der Waals surface area contributed by atoms with Gasteiger partial charge in [-0.15, -0.1) is 0 Å². The van der Waals surface area contributed by atoms with E-state index in [1.54, 1.807) is 6.20 Å². The van der Waals surface area contributed by atoms with E-state index in [0.29, 0.717) is 18.6 Å². The van der Waals surface area contributed by atoms with Gasteiger partial charge in [-0.25, -0.2) is 4.98 Å². The molecule has 1 aliphatic carbocycles. The molecule has 0 saturated heterocycles. The molecule has 0 spiro atoms. The summed E-state index contributed by atoms with van der Waals surface area (Å²) in [6.07, 6.45) is 6.92. The van der Waals surface area contributed by atoms with Crippen molar-refractivity contribution < 1.29 is 0 Å². The summed E-state index contributed by atoms with van der Waals surface area (Å²) in [5.74, 6) is 1.91. The molecule has 0 unspecified atom stereocenters. The fourth-order valence-electron chi connectivity index (χ4n) is 3.89. The molecular formula is C21H27ClN6. The number of hydrogen-bond acceptors (Lipinski definition) is 5. The summed E-state index contributed by atoms with van der Waals surface area (Å²) >= 11 is 6.34. The Morgan fingerprint density at radius 2 is 1.96 bits per heavy atom. The SMILES string of the molecule is CCc1c(NC2CCC(N)CC2)nc2ccnn2c1NCc1ccccc1Cl. The first kappa shape index (κ1) is 19.0. The number of benzene rings is 1. The number of aromatic nitrogens is 3. The van der Waals surface area contributed by atoms with Gasteiger partial charge in [-0.3, -0.25) is 0 Å². The molecule has 6 nitrogen and oxygen atoms in total. The summed E-state index contributed by atoms with van der Waals surface area (Å²) < 4.78 is 1.87. The van der Waals surface area contributed by atoms with Crippen LogP contribution >= 0.6 is 11.6 Å². The summed E-state index contributed by atoms with van der Waals surface area (Å²) in [6, 6.07) is 10.6. The predicted octanol–water partition coefficient (Wildman–Crippen LogP) is 4.24. The van der Waals surface area contributed by atoms with Crippen molar-refractivity contribution in [3.63, 3.8) is 0 Å². The first-order valence-electron chi connectivity index (χ1n) is 10.0. The molecule has 2 aromatic heterocycles. The Labute approximate surface area is 170 Å². The maximum atomic E-state index is 6.34. The first-order chi connectivity index (χ1) is 13.7. The Hall–Kier alpha value is -2.31. The first-order valence-corrected chi connectivity index (χ1v) is 10.4. The van der Waals surface area contributed by atoms with Crippen molar-refractivity contribution in [3.8, 4) is 0 Å². The van der Waals surface area contributed by atoms with Crippen LogP contribution in [0.3, 0.4) is 0 Å².